The molecule has 1 heterocycles. The molecular weight excluding hydrogens is 240 g/mol. The first kappa shape index (κ1) is 13.1. The minimum absolute atomic E-state index is 0.343. The second-order valence-electron chi connectivity index (χ2n) is 4.24. The Morgan fingerprint density at radius 3 is 2.42 bits per heavy atom. The number of hydrogen-bond acceptors (Lipinski definition) is 3. The molecule has 0 radical (unpaired) electrons. The van der Waals surface area contributed by atoms with Crippen molar-refractivity contribution in [3.8, 4) is 11.1 Å². The lowest BCUT2D eigenvalue weighted by Crippen LogP contribution is -2.21. The van der Waals surface area contributed by atoms with Crippen LogP contribution in [-0.4, -0.2) is 29.2 Å². The SMILES string of the molecule is CCN(CC)c1ccc(-c2cn[nH]c2C(N)=O)cc1. The minimum atomic E-state index is -0.500. The summed E-state index contributed by atoms with van der Waals surface area (Å²) in [7, 11) is 0. The number of hydrogen-bond donors (Lipinski definition) is 2. The number of nitrogens with one attached hydrogen (secondary N) is 1. The Morgan fingerprint density at radius 1 is 1.26 bits per heavy atom. The van der Waals surface area contributed by atoms with Gasteiger partial charge in [-0.3, -0.25) is 9.89 Å². The van der Waals surface area contributed by atoms with Crippen LogP contribution in [0.5, 0.6) is 0 Å². The average Bonchev–Trinajstić information content (AvgIpc) is 2.90. The number of amides is 1. The predicted octanol–water partition coefficient (Wildman–Crippen LogP) is 2.02. The molecule has 1 aromatic carbocycles. The van der Waals surface area contributed by atoms with Crippen molar-refractivity contribution in [3.05, 3.63) is 36.2 Å². The van der Waals surface area contributed by atoms with Gasteiger partial charge in [0.2, 0.25) is 0 Å². The van der Waals surface area contributed by atoms with E-state index >= 15 is 0 Å². The number of H-pyrrole nitrogens is 1. The van der Waals surface area contributed by atoms with Crippen LogP contribution < -0.4 is 10.6 Å². The zero-order chi connectivity index (χ0) is 13.8. The first-order chi connectivity index (χ1) is 9.17. The molecule has 0 saturated heterocycles. The maximum absolute atomic E-state index is 11.3. The Hall–Kier alpha value is -2.30. The molecule has 2 aromatic rings. The number of carbonyl (C=O) groups excluding carboxylic acids is 1. The second kappa shape index (κ2) is 5.56. The van der Waals surface area contributed by atoms with E-state index < -0.39 is 5.91 Å². The molecule has 5 nitrogen and oxygen atoms in total. The largest absolute Gasteiger partial charge is 0.372 e. The number of nitrogens with zero attached hydrogens (tertiary/aromatic N) is 2. The normalized spacial score (nSPS) is 10.4. The van der Waals surface area contributed by atoms with Crippen molar-refractivity contribution in [1.82, 2.24) is 10.2 Å². The van der Waals surface area contributed by atoms with Crippen molar-refractivity contribution in [1.29, 1.82) is 0 Å². The Balaban J connectivity index is 2.32. The van der Waals surface area contributed by atoms with Crippen LogP contribution in [0.15, 0.2) is 30.5 Å². The zero-order valence-electron chi connectivity index (χ0n) is 11.2. The summed E-state index contributed by atoms with van der Waals surface area (Å²) < 4.78 is 0. The number of aromatic amines is 1. The highest BCUT2D eigenvalue weighted by Crippen LogP contribution is 2.24. The van der Waals surface area contributed by atoms with Gasteiger partial charge in [-0.05, 0) is 31.5 Å². The summed E-state index contributed by atoms with van der Waals surface area (Å²) >= 11 is 0. The fourth-order valence-corrected chi connectivity index (χ4v) is 2.13. The average molecular weight is 258 g/mol. The number of carbonyl (C=O) groups is 1. The maximum atomic E-state index is 11.3. The van der Waals surface area contributed by atoms with E-state index in [0.717, 1.165) is 29.9 Å². The van der Waals surface area contributed by atoms with Crippen LogP contribution in [0, 0.1) is 0 Å². The van der Waals surface area contributed by atoms with Gasteiger partial charge in [0.25, 0.3) is 5.91 Å². The van der Waals surface area contributed by atoms with Gasteiger partial charge in [0, 0.05) is 24.3 Å². The third kappa shape index (κ3) is 2.59. The molecular formula is C14H18N4O. The number of nitrogens with two attached hydrogens (primary N) is 1. The minimum Gasteiger partial charge on any atom is -0.372 e. The highest BCUT2D eigenvalue weighted by Gasteiger charge is 2.12. The van der Waals surface area contributed by atoms with Crippen molar-refractivity contribution >= 4 is 11.6 Å². The molecule has 0 unspecified atom stereocenters. The molecule has 0 aliphatic heterocycles. The predicted molar refractivity (Wildman–Crippen MR) is 76.1 cm³/mol. The summed E-state index contributed by atoms with van der Waals surface area (Å²) in [5.41, 5.74) is 8.47. The van der Waals surface area contributed by atoms with E-state index in [9.17, 15) is 4.79 Å². The van der Waals surface area contributed by atoms with E-state index in [2.05, 4.69) is 28.9 Å². The second-order valence-corrected chi connectivity index (χ2v) is 4.24. The molecule has 1 aromatic heterocycles. The van der Waals surface area contributed by atoms with Gasteiger partial charge in [0.05, 0.1) is 6.20 Å². The van der Waals surface area contributed by atoms with Crippen LogP contribution in [0.3, 0.4) is 0 Å². The molecule has 3 N–H and O–H groups in total. The molecule has 0 spiro atoms. The van der Waals surface area contributed by atoms with Gasteiger partial charge in [-0.2, -0.15) is 5.10 Å². The first-order valence-corrected chi connectivity index (χ1v) is 6.35. The third-order valence-electron chi connectivity index (χ3n) is 3.19. The lowest BCUT2D eigenvalue weighted by molar-refractivity contribution is 0.0996. The molecule has 0 aliphatic carbocycles. The van der Waals surface area contributed by atoms with Crippen molar-refractivity contribution in [2.45, 2.75) is 13.8 Å². The van der Waals surface area contributed by atoms with Crippen LogP contribution in [0.1, 0.15) is 24.3 Å². The van der Waals surface area contributed by atoms with Gasteiger partial charge in [0.15, 0.2) is 0 Å². The highest BCUT2D eigenvalue weighted by molar-refractivity contribution is 5.97. The van der Waals surface area contributed by atoms with Crippen molar-refractivity contribution in [3.63, 3.8) is 0 Å². The van der Waals surface area contributed by atoms with Gasteiger partial charge in [-0.25, -0.2) is 0 Å². The third-order valence-corrected chi connectivity index (χ3v) is 3.19. The van der Waals surface area contributed by atoms with Crippen molar-refractivity contribution in [2.24, 2.45) is 5.73 Å². The molecule has 0 bridgehead atoms. The lowest BCUT2D eigenvalue weighted by Gasteiger charge is -2.21. The number of aromatic nitrogens is 2. The molecule has 1 amide bonds. The summed E-state index contributed by atoms with van der Waals surface area (Å²) in [6, 6.07) is 8.04. The summed E-state index contributed by atoms with van der Waals surface area (Å²) in [5.74, 6) is -0.500. The van der Waals surface area contributed by atoms with Gasteiger partial charge in [-0.1, -0.05) is 12.1 Å². The summed E-state index contributed by atoms with van der Waals surface area (Å²) in [4.78, 5) is 13.5. The van der Waals surface area contributed by atoms with E-state index in [1.807, 2.05) is 24.3 Å². The van der Waals surface area contributed by atoms with Gasteiger partial charge < -0.3 is 10.6 Å². The van der Waals surface area contributed by atoms with Crippen LogP contribution in [-0.2, 0) is 0 Å². The molecule has 5 heteroatoms. The standard InChI is InChI=1S/C14H18N4O/c1-3-18(4-2)11-7-5-10(6-8-11)12-9-16-17-13(12)14(15)19/h5-9H,3-4H2,1-2H3,(H2,15,19)(H,16,17). The van der Waals surface area contributed by atoms with Crippen LogP contribution in [0.2, 0.25) is 0 Å². The summed E-state index contributed by atoms with van der Waals surface area (Å²) in [6.07, 6.45) is 1.62. The fraction of sp³-hybridized carbons (Fsp3) is 0.286. The number of anilines is 1. The molecule has 2 rings (SSSR count). The van der Waals surface area contributed by atoms with Crippen LogP contribution in [0.25, 0.3) is 11.1 Å². The van der Waals surface area contributed by atoms with Crippen LogP contribution in [0.4, 0.5) is 5.69 Å². The zero-order valence-corrected chi connectivity index (χ0v) is 11.2. The van der Waals surface area contributed by atoms with Crippen molar-refractivity contribution < 1.29 is 4.79 Å². The van der Waals surface area contributed by atoms with E-state index in [-0.39, 0.29) is 0 Å². The molecule has 0 saturated carbocycles. The molecule has 100 valence electrons. The smallest absolute Gasteiger partial charge is 0.267 e. The summed E-state index contributed by atoms with van der Waals surface area (Å²) in [6.45, 7) is 6.18. The Kier molecular flexibility index (Phi) is 3.85. The van der Waals surface area contributed by atoms with Gasteiger partial charge in [0.1, 0.15) is 5.69 Å². The topological polar surface area (TPSA) is 75.0 Å². The number of benzene rings is 1. The molecule has 0 fully saturated rings. The monoisotopic (exact) mass is 258 g/mol. The van der Waals surface area contributed by atoms with E-state index in [4.69, 9.17) is 5.73 Å². The highest BCUT2D eigenvalue weighted by atomic mass is 16.1. The van der Waals surface area contributed by atoms with E-state index in [0.29, 0.717) is 5.69 Å². The molecule has 19 heavy (non-hydrogen) atoms. The molecule has 0 aliphatic rings. The fourth-order valence-electron chi connectivity index (χ4n) is 2.13. The maximum Gasteiger partial charge on any atom is 0.267 e. The Morgan fingerprint density at radius 2 is 1.89 bits per heavy atom. The van der Waals surface area contributed by atoms with E-state index in [1.54, 1.807) is 6.20 Å². The Labute approximate surface area is 112 Å². The van der Waals surface area contributed by atoms with Gasteiger partial charge in [-0.15, -0.1) is 0 Å². The lowest BCUT2D eigenvalue weighted by atomic mass is 10.1. The molecule has 0 atom stereocenters. The Bertz CT molecular complexity index is 555. The van der Waals surface area contributed by atoms with E-state index in [1.165, 1.54) is 0 Å². The van der Waals surface area contributed by atoms with Crippen molar-refractivity contribution in [2.75, 3.05) is 18.0 Å². The van der Waals surface area contributed by atoms with Gasteiger partial charge >= 0.3 is 0 Å². The number of primary amides is 1. The quantitative estimate of drug-likeness (QED) is 0.861. The number of rotatable bonds is 5. The first-order valence-electron chi connectivity index (χ1n) is 6.35. The van der Waals surface area contributed by atoms with Crippen LogP contribution >= 0.6 is 0 Å². The summed E-state index contributed by atoms with van der Waals surface area (Å²) in [5, 5.41) is 6.50.